The highest BCUT2D eigenvalue weighted by atomic mass is 19.1. The Kier molecular flexibility index (Phi) is 5.61. The topological polar surface area (TPSA) is 13.1 Å². The zero-order valence-electron chi connectivity index (χ0n) is 9.23. The van der Waals surface area contributed by atoms with Gasteiger partial charge in [-0.1, -0.05) is 26.5 Å². The van der Waals surface area contributed by atoms with Gasteiger partial charge in [-0.3, -0.25) is 0 Å². The molecule has 0 fully saturated rings. The van der Waals surface area contributed by atoms with Gasteiger partial charge < -0.3 is 4.42 Å². The van der Waals surface area contributed by atoms with Crippen LogP contribution in [0.25, 0.3) is 5.57 Å². The van der Waals surface area contributed by atoms with Gasteiger partial charge in [-0.15, -0.1) is 0 Å². The van der Waals surface area contributed by atoms with Gasteiger partial charge in [0.15, 0.2) is 0 Å². The van der Waals surface area contributed by atoms with Gasteiger partial charge in [0.25, 0.3) is 0 Å². The van der Waals surface area contributed by atoms with E-state index in [0.717, 1.165) is 5.76 Å². The molecular weight excluding hydrogens is 179 g/mol. The summed E-state index contributed by atoms with van der Waals surface area (Å²) < 4.78 is 18.0. The van der Waals surface area contributed by atoms with Gasteiger partial charge in [0, 0.05) is 5.57 Å². The summed E-state index contributed by atoms with van der Waals surface area (Å²) in [6.45, 7) is 10.8. The minimum atomic E-state index is -0.466. The maximum absolute atomic E-state index is 12.7. The number of furan rings is 1. The maximum Gasteiger partial charge on any atom is 0.136 e. The largest absolute Gasteiger partial charge is 0.461 e. The standard InChI is InChI=1S/C10H11FO.C2H6/c1-4-9(8(3)11)10-6-5-7(2)12-10;1-2/h4-6H,3H2,1-2H3;1-2H3/b9-4+;. The smallest absolute Gasteiger partial charge is 0.136 e. The lowest BCUT2D eigenvalue weighted by Gasteiger charge is -1.97. The first-order chi connectivity index (χ1) is 6.65. The van der Waals surface area contributed by atoms with E-state index < -0.39 is 5.83 Å². The van der Waals surface area contributed by atoms with Gasteiger partial charge in [0.1, 0.15) is 17.3 Å². The summed E-state index contributed by atoms with van der Waals surface area (Å²) in [6, 6.07) is 3.53. The van der Waals surface area contributed by atoms with E-state index in [1.54, 1.807) is 25.1 Å². The second-order valence-electron chi connectivity index (χ2n) is 2.52. The Hall–Kier alpha value is -1.31. The highest BCUT2D eigenvalue weighted by molar-refractivity contribution is 5.72. The van der Waals surface area contributed by atoms with Crippen LogP contribution in [0.1, 0.15) is 32.3 Å². The summed E-state index contributed by atoms with van der Waals surface area (Å²) in [4.78, 5) is 0. The summed E-state index contributed by atoms with van der Waals surface area (Å²) in [6.07, 6.45) is 1.64. The Bertz CT molecular complexity index is 321. The van der Waals surface area contributed by atoms with Crippen LogP contribution in [0.3, 0.4) is 0 Å². The van der Waals surface area contributed by atoms with Gasteiger partial charge in [0.2, 0.25) is 0 Å². The van der Waals surface area contributed by atoms with Gasteiger partial charge in [-0.05, 0) is 26.0 Å². The van der Waals surface area contributed by atoms with E-state index in [2.05, 4.69) is 6.58 Å². The van der Waals surface area contributed by atoms with Gasteiger partial charge >= 0.3 is 0 Å². The molecule has 0 aromatic carbocycles. The Balaban J connectivity index is 0.000000791. The van der Waals surface area contributed by atoms with Crippen LogP contribution in [0.5, 0.6) is 0 Å². The summed E-state index contributed by atoms with van der Waals surface area (Å²) in [5.41, 5.74) is 0.420. The third-order valence-electron chi connectivity index (χ3n) is 1.59. The van der Waals surface area contributed by atoms with Crippen LogP contribution in [0, 0.1) is 6.92 Å². The van der Waals surface area contributed by atoms with Crippen LogP contribution in [-0.4, -0.2) is 0 Å². The molecular formula is C12H17FO. The van der Waals surface area contributed by atoms with Crippen LogP contribution in [-0.2, 0) is 0 Å². The molecule has 0 unspecified atom stereocenters. The fourth-order valence-corrected chi connectivity index (χ4v) is 1.01. The quantitative estimate of drug-likeness (QED) is 0.635. The van der Waals surface area contributed by atoms with Crippen LogP contribution in [0.2, 0.25) is 0 Å². The molecule has 0 bridgehead atoms. The van der Waals surface area contributed by atoms with Crippen molar-refractivity contribution in [1.82, 2.24) is 0 Å². The van der Waals surface area contributed by atoms with Crippen molar-refractivity contribution in [2.75, 3.05) is 0 Å². The zero-order chi connectivity index (χ0) is 11.1. The third-order valence-corrected chi connectivity index (χ3v) is 1.59. The third kappa shape index (κ3) is 3.21. The monoisotopic (exact) mass is 196 g/mol. The summed E-state index contributed by atoms with van der Waals surface area (Å²) >= 11 is 0. The van der Waals surface area contributed by atoms with Gasteiger partial charge in [-0.25, -0.2) is 4.39 Å². The van der Waals surface area contributed by atoms with Crippen molar-refractivity contribution in [3.05, 3.63) is 42.1 Å². The number of allylic oxidation sites excluding steroid dienone is 3. The van der Waals surface area contributed by atoms with E-state index in [-0.39, 0.29) is 0 Å². The molecule has 0 saturated carbocycles. The second-order valence-corrected chi connectivity index (χ2v) is 2.52. The van der Waals surface area contributed by atoms with Crippen LogP contribution < -0.4 is 0 Å². The molecule has 1 aromatic rings. The van der Waals surface area contributed by atoms with E-state index in [1.807, 2.05) is 20.8 Å². The number of aryl methyl sites for hydroxylation is 1. The van der Waals surface area contributed by atoms with Crippen molar-refractivity contribution < 1.29 is 8.81 Å². The molecule has 0 N–H and O–H groups in total. The van der Waals surface area contributed by atoms with Crippen LogP contribution in [0.4, 0.5) is 4.39 Å². The number of hydrogen-bond donors (Lipinski definition) is 0. The Morgan fingerprint density at radius 3 is 2.29 bits per heavy atom. The molecule has 0 atom stereocenters. The summed E-state index contributed by atoms with van der Waals surface area (Å²) in [5.74, 6) is 0.833. The average Bonchev–Trinajstić information content (AvgIpc) is 2.56. The molecule has 78 valence electrons. The predicted molar refractivity (Wildman–Crippen MR) is 58.7 cm³/mol. The number of rotatable bonds is 2. The molecule has 0 aliphatic heterocycles. The highest BCUT2D eigenvalue weighted by Crippen LogP contribution is 2.24. The molecule has 14 heavy (non-hydrogen) atoms. The molecule has 0 aliphatic carbocycles. The van der Waals surface area contributed by atoms with E-state index in [1.165, 1.54) is 0 Å². The molecule has 0 aliphatic rings. The Labute approximate surface area is 84.9 Å². The number of hydrogen-bond acceptors (Lipinski definition) is 1. The first kappa shape index (κ1) is 12.7. The summed E-state index contributed by atoms with van der Waals surface area (Å²) in [5, 5.41) is 0. The average molecular weight is 196 g/mol. The summed E-state index contributed by atoms with van der Waals surface area (Å²) in [7, 11) is 0. The van der Waals surface area contributed by atoms with Gasteiger partial charge in [0.05, 0.1) is 0 Å². The molecule has 1 nitrogen and oxygen atoms in total. The molecule has 1 aromatic heterocycles. The van der Waals surface area contributed by atoms with Crippen molar-refractivity contribution in [1.29, 1.82) is 0 Å². The Morgan fingerprint density at radius 1 is 1.43 bits per heavy atom. The minimum absolute atomic E-state index is 0.420. The lowest BCUT2D eigenvalue weighted by Crippen LogP contribution is -1.79. The number of halogens is 1. The molecule has 0 spiro atoms. The lowest BCUT2D eigenvalue weighted by atomic mass is 10.2. The first-order valence-electron chi connectivity index (χ1n) is 4.73. The second kappa shape index (κ2) is 6.19. The molecule has 1 heterocycles. The van der Waals surface area contributed by atoms with Crippen molar-refractivity contribution in [2.24, 2.45) is 0 Å². The fraction of sp³-hybridized carbons (Fsp3) is 0.333. The van der Waals surface area contributed by atoms with Crippen LogP contribution >= 0.6 is 0 Å². The predicted octanol–water partition coefficient (Wildman–Crippen LogP) is 4.50. The van der Waals surface area contributed by atoms with Crippen LogP contribution in [0.15, 0.2) is 35.0 Å². The van der Waals surface area contributed by atoms with E-state index >= 15 is 0 Å². The van der Waals surface area contributed by atoms with Crippen molar-refractivity contribution >= 4 is 5.57 Å². The molecule has 1 rings (SSSR count). The first-order valence-corrected chi connectivity index (χ1v) is 4.73. The molecule has 2 heteroatoms. The van der Waals surface area contributed by atoms with Crippen molar-refractivity contribution in [3.8, 4) is 0 Å². The highest BCUT2D eigenvalue weighted by Gasteiger charge is 2.07. The van der Waals surface area contributed by atoms with Crippen molar-refractivity contribution in [3.63, 3.8) is 0 Å². The van der Waals surface area contributed by atoms with E-state index in [9.17, 15) is 4.39 Å². The zero-order valence-corrected chi connectivity index (χ0v) is 9.23. The maximum atomic E-state index is 12.7. The molecule has 0 saturated heterocycles. The molecule has 0 amide bonds. The fourth-order valence-electron chi connectivity index (χ4n) is 1.01. The van der Waals surface area contributed by atoms with Gasteiger partial charge in [-0.2, -0.15) is 0 Å². The van der Waals surface area contributed by atoms with E-state index in [4.69, 9.17) is 4.42 Å². The SMILES string of the molecule is C=C(F)/C(=C\C)c1ccc(C)o1.CC. The lowest BCUT2D eigenvalue weighted by molar-refractivity contribution is 0.517. The minimum Gasteiger partial charge on any atom is -0.461 e. The normalized spacial score (nSPS) is 10.5. The Morgan fingerprint density at radius 2 is 2.00 bits per heavy atom. The molecule has 0 radical (unpaired) electrons. The van der Waals surface area contributed by atoms with Crippen molar-refractivity contribution in [2.45, 2.75) is 27.7 Å². The van der Waals surface area contributed by atoms with E-state index in [0.29, 0.717) is 11.3 Å².